The number of halogens is 4. The fourth-order valence-electron chi connectivity index (χ4n) is 1.52. The Bertz CT molecular complexity index is 668. The molecule has 0 bridgehead atoms. The van der Waals surface area contributed by atoms with Crippen LogP contribution in [0.25, 0.3) is 0 Å². The van der Waals surface area contributed by atoms with Gasteiger partial charge < -0.3 is 10.5 Å². The van der Waals surface area contributed by atoms with Crippen LogP contribution in [0.5, 0.6) is 11.5 Å². The number of ether oxygens (including phenoxy) is 1. The van der Waals surface area contributed by atoms with Gasteiger partial charge in [-0.2, -0.15) is 13.2 Å². The number of hydrogen-bond acceptors (Lipinski definition) is 3. The molecule has 1 heterocycles. The molecule has 0 aliphatic heterocycles. The molecular formula is C13H9F4N3O. The highest BCUT2D eigenvalue weighted by Crippen LogP contribution is 2.34. The predicted octanol–water partition coefficient (Wildman–Crippen LogP) is 3.32. The van der Waals surface area contributed by atoms with Crippen molar-refractivity contribution in [3.63, 3.8) is 0 Å². The lowest BCUT2D eigenvalue weighted by molar-refractivity contribution is -0.140. The Morgan fingerprint density at radius 2 is 1.81 bits per heavy atom. The summed E-state index contributed by atoms with van der Waals surface area (Å²) >= 11 is 0. The van der Waals surface area contributed by atoms with Crippen LogP contribution in [0.4, 0.5) is 17.6 Å². The number of alkyl halides is 3. The number of nitrogens with one attached hydrogen (secondary N) is 1. The van der Waals surface area contributed by atoms with Crippen LogP contribution in [0, 0.1) is 11.2 Å². The van der Waals surface area contributed by atoms with Crippen LogP contribution < -0.4 is 10.5 Å². The van der Waals surface area contributed by atoms with Gasteiger partial charge in [-0.3, -0.25) is 5.41 Å². The maximum atomic E-state index is 13.1. The second-order valence-electron chi connectivity index (χ2n) is 4.03. The summed E-state index contributed by atoms with van der Waals surface area (Å²) in [6, 6.07) is 5.08. The molecule has 0 saturated carbocycles. The van der Waals surface area contributed by atoms with Crippen molar-refractivity contribution < 1.29 is 22.3 Å². The zero-order valence-corrected chi connectivity index (χ0v) is 10.4. The van der Waals surface area contributed by atoms with Crippen LogP contribution in [0.3, 0.4) is 0 Å². The molecule has 110 valence electrons. The fraction of sp³-hybridized carbons (Fsp3) is 0.0769. The van der Waals surface area contributed by atoms with E-state index in [0.717, 1.165) is 6.07 Å². The monoisotopic (exact) mass is 299 g/mol. The van der Waals surface area contributed by atoms with Gasteiger partial charge in [0.1, 0.15) is 28.8 Å². The van der Waals surface area contributed by atoms with E-state index in [1.165, 1.54) is 18.3 Å². The lowest BCUT2D eigenvalue weighted by Crippen LogP contribution is -2.12. The third-order valence-electron chi connectivity index (χ3n) is 2.49. The molecule has 0 saturated heterocycles. The number of aromatic nitrogens is 1. The van der Waals surface area contributed by atoms with E-state index in [0.29, 0.717) is 12.1 Å². The Balaban J connectivity index is 2.26. The third-order valence-corrected chi connectivity index (χ3v) is 2.49. The summed E-state index contributed by atoms with van der Waals surface area (Å²) in [5, 5.41) is 7.16. The maximum Gasteiger partial charge on any atom is 0.419 e. The van der Waals surface area contributed by atoms with Crippen LogP contribution in [-0.4, -0.2) is 10.8 Å². The van der Waals surface area contributed by atoms with Crippen molar-refractivity contribution in [2.75, 3.05) is 0 Å². The van der Waals surface area contributed by atoms with Gasteiger partial charge in [-0.25, -0.2) is 9.37 Å². The van der Waals surface area contributed by atoms with Gasteiger partial charge in [-0.1, -0.05) is 0 Å². The molecule has 0 fully saturated rings. The first kappa shape index (κ1) is 14.8. The van der Waals surface area contributed by atoms with E-state index in [2.05, 4.69) is 4.98 Å². The summed E-state index contributed by atoms with van der Waals surface area (Å²) in [6.45, 7) is 0. The Morgan fingerprint density at radius 3 is 2.33 bits per heavy atom. The highest BCUT2D eigenvalue weighted by atomic mass is 19.4. The molecule has 0 aliphatic rings. The van der Waals surface area contributed by atoms with Crippen LogP contribution in [-0.2, 0) is 6.18 Å². The summed E-state index contributed by atoms with van der Waals surface area (Å²) in [5.74, 6) is -1.66. The normalized spacial score (nSPS) is 11.2. The highest BCUT2D eigenvalue weighted by molar-refractivity contribution is 5.92. The second kappa shape index (κ2) is 5.39. The summed E-state index contributed by atoms with van der Waals surface area (Å²) < 4.78 is 56.0. The first-order chi connectivity index (χ1) is 9.77. The maximum absolute atomic E-state index is 13.1. The van der Waals surface area contributed by atoms with Gasteiger partial charge in [0.05, 0.1) is 11.8 Å². The third kappa shape index (κ3) is 3.47. The first-order valence-corrected chi connectivity index (χ1v) is 5.62. The number of rotatable bonds is 3. The van der Waals surface area contributed by atoms with Crippen LogP contribution in [0.1, 0.15) is 11.3 Å². The lowest BCUT2D eigenvalue weighted by Gasteiger charge is -2.11. The highest BCUT2D eigenvalue weighted by Gasteiger charge is 2.34. The standard InChI is InChI=1S/C13H9F4N3O/c14-10-3-1-7(5-9(10)13(15,16)17)21-8-2-4-11(12(18)19)20-6-8/h1-6H,(H3,18,19). The molecule has 21 heavy (non-hydrogen) atoms. The average Bonchev–Trinajstić information content (AvgIpc) is 2.40. The number of benzene rings is 1. The Hall–Kier alpha value is -2.64. The molecule has 0 spiro atoms. The molecule has 3 N–H and O–H groups in total. The minimum absolute atomic E-state index is 0.139. The van der Waals surface area contributed by atoms with E-state index < -0.39 is 17.6 Å². The molecule has 2 rings (SSSR count). The molecule has 0 atom stereocenters. The number of amidine groups is 1. The van der Waals surface area contributed by atoms with Crippen LogP contribution in [0.2, 0.25) is 0 Å². The molecule has 0 unspecified atom stereocenters. The summed E-state index contributed by atoms with van der Waals surface area (Å²) in [4.78, 5) is 3.79. The summed E-state index contributed by atoms with van der Waals surface area (Å²) in [5.41, 5.74) is 4.01. The summed E-state index contributed by atoms with van der Waals surface area (Å²) in [7, 11) is 0. The topological polar surface area (TPSA) is 72.0 Å². The van der Waals surface area contributed by atoms with Gasteiger partial charge >= 0.3 is 6.18 Å². The molecule has 1 aromatic carbocycles. The van der Waals surface area contributed by atoms with Crippen LogP contribution in [0.15, 0.2) is 36.5 Å². The zero-order valence-electron chi connectivity index (χ0n) is 10.4. The van der Waals surface area contributed by atoms with E-state index in [1.807, 2.05) is 0 Å². The molecule has 4 nitrogen and oxygen atoms in total. The number of nitrogen functional groups attached to an aromatic ring is 1. The van der Waals surface area contributed by atoms with E-state index in [4.69, 9.17) is 15.9 Å². The average molecular weight is 299 g/mol. The van der Waals surface area contributed by atoms with Gasteiger partial charge in [-0.05, 0) is 30.3 Å². The van der Waals surface area contributed by atoms with E-state index in [9.17, 15) is 17.6 Å². The zero-order chi connectivity index (χ0) is 15.6. The van der Waals surface area contributed by atoms with Gasteiger partial charge in [-0.15, -0.1) is 0 Å². The quantitative estimate of drug-likeness (QED) is 0.519. The Kier molecular flexibility index (Phi) is 3.79. The number of hydrogen-bond donors (Lipinski definition) is 2. The smallest absolute Gasteiger partial charge is 0.419 e. The van der Waals surface area contributed by atoms with Crippen LogP contribution >= 0.6 is 0 Å². The minimum atomic E-state index is -4.81. The number of nitrogens with zero attached hydrogens (tertiary/aromatic N) is 1. The Labute approximate surface area is 116 Å². The lowest BCUT2D eigenvalue weighted by atomic mass is 10.2. The first-order valence-electron chi connectivity index (χ1n) is 5.62. The van der Waals surface area contributed by atoms with Crippen molar-refractivity contribution in [2.45, 2.75) is 6.18 Å². The van der Waals surface area contributed by atoms with Gasteiger partial charge in [0.2, 0.25) is 0 Å². The van der Waals surface area contributed by atoms with Crippen molar-refractivity contribution in [3.05, 3.63) is 53.6 Å². The van der Waals surface area contributed by atoms with Gasteiger partial charge in [0.15, 0.2) is 0 Å². The molecule has 0 radical (unpaired) electrons. The number of nitrogens with two attached hydrogens (primary N) is 1. The predicted molar refractivity (Wildman–Crippen MR) is 66.7 cm³/mol. The van der Waals surface area contributed by atoms with Gasteiger partial charge in [0.25, 0.3) is 0 Å². The molecule has 0 aliphatic carbocycles. The molecule has 8 heteroatoms. The van der Waals surface area contributed by atoms with Crippen molar-refractivity contribution in [1.82, 2.24) is 4.98 Å². The fourth-order valence-corrected chi connectivity index (χ4v) is 1.52. The molecule has 0 amide bonds. The van der Waals surface area contributed by atoms with Crippen molar-refractivity contribution >= 4 is 5.84 Å². The molecule has 1 aromatic heterocycles. The number of pyridine rings is 1. The van der Waals surface area contributed by atoms with Gasteiger partial charge in [0, 0.05) is 0 Å². The summed E-state index contributed by atoms with van der Waals surface area (Å²) in [6.07, 6.45) is -3.60. The van der Waals surface area contributed by atoms with Crippen molar-refractivity contribution in [2.24, 2.45) is 5.73 Å². The molecule has 2 aromatic rings. The molecular weight excluding hydrogens is 290 g/mol. The van der Waals surface area contributed by atoms with Crippen molar-refractivity contribution in [3.8, 4) is 11.5 Å². The largest absolute Gasteiger partial charge is 0.456 e. The van der Waals surface area contributed by atoms with E-state index in [1.54, 1.807) is 0 Å². The van der Waals surface area contributed by atoms with Crippen molar-refractivity contribution in [1.29, 1.82) is 5.41 Å². The van der Waals surface area contributed by atoms with E-state index in [-0.39, 0.29) is 23.0 Å². The SMILES string of the molecule is N=C(N)c1ccc(Oc2ccc(F)c(C(F)(F)F)c2)cn1. The second-order valence-corrected chi connectivity index (χ2v) is 4.03. The minimum Gasteiger partial charge on any atom is -0.456 e. The van der Waals surface area contributed by atoms with E-state index >= 15 is 0 Å². The Morgan fingerprint density at radius 1 is 1.14 bits per heavy atom.